The fourth-order valence-electron chi connectivity index (χ4n) is 0.430. The molecular formula is C5H15NOSSi. The zero-order chi connectivity index (χ0) is 6.95. The van der Waals surface area contributed by atoms with Gasteiger partial charge < -0.3 is 10.2 Å². The van der Waals surface area contributed by atoms with Gasteiger partial charge >= 0.3 is 0 Å². The van der Waals surface area contributed by atoms with Gasteiger partial charge in [-0.05, 0) is 18.7 Å². The molecule has 0 aromatic carbocycles. The van der Waals surface area contributed by atoms with Gasteiger partial charge in [0.1, 0.15) is 10.5 Å². The average Bonchev–Trinajstić information content (AvgIpc) is 1.89. The highest BCUT2D eigenvalue weighted by Gasteiger charge is 1.85. The quantitative estimate of drug-likeness (QED) is 0.420. The van der Waals surface area contributed by atoms with Gasteiger partial charge in [0.25, 0.3) is 0 Å². The van der Waals surface area contributed by atoms with Crippen LogP contribution in [0.4, 0.5) is 0 Å². The van der Waals surface area contributed by atoms with Crippen LogP contribution in [0.25, 0.3) is 0 Å². The molecule has 0 spiro atoms. The summed E-state index contributed by atoms with van der Waals surface area (Å²) in [6.07, 6.45) is 1.13. The highest BCUT2D eigenvalue weighted by Crippen LogP contribution is 1.99. The molecule has 0 aromatic rings. The summed E-state index contributed by atoms with van der Waals surface area (Å²) in [6.45, 7) is 1.73. The van der Waals surface area contributed by atoms with Crippen LogP contribution in [0, 0.1) is 0 Å². The minimum atomic E-state index is 0.814. The molecule has 9 heavy (non-hydrogen) atoms. The van der Waals surface area contributed by atoms with E-state index in [2.05, 4.69) is 0 Å². The summed E-state index contributed by atoms with van der Waals surface area (Å²) in [5.41, 5.74) is 5.31. The van der Waals surface area contributed by atoms with Gasteiger partial charge in [-0.2, -0.15) is 11.8 Å². The van der Waals surface area contributed by atoms with Gasteiger partial charge in [-0.15, -0.1) is 0 Å². The molecular weight excluding hydrogens is 150 g/mol. The molecule has 2 nitrogen and oxygen atoms in total. The predicted molar refractivity (Wildman–Crippen MR) is 46.9 cm³/mol. The smallest absolute Gasteiger partial charge is 0.146 e. The Morgan fingerprint density at radius 1 is 1.44 bits per heavy atom. The van der Waals surface area contributed by atoms with E-state index in [0.29, 0.717) is 0 Å². The highest BCUT2D eigenvalue weighted by atomic mass is 32.2. The van der Waals surface area contributed by atoms with E-state index >= 15 is 0 Å². The van der Waals surface area contributed by atoms with Crippen LogP contribution in [0.1, 0.15) is 6.42 Å². The van der Waals surface area contributed by atoms with Crippen LogP contribution in [-0.4, -0.2) is 35.1 Å². The fraction of sp³-hybridized carbons (Fsp3) is 1.00. The first-order chi connectivity index (χ1) is 4.41. The molecule has 0 bridgehead atoms. The van der Waals surface area contributed by atoms with Gasteiger partial charge in [0.05, 0.1) is 0 Å². The van der Waals surface area contributed by atoms with Gasteiger partial charge in [0, 0.05) is 12.4 Å². The lowest BCUT2D eigenvalue weighted by Crippen LogP contribution is -2.01. The van der Waals surface area contributed by atoms with Crippen molar-refractivity contribution in [2.24, 2.45) is 5.73 Å². The van der Waals surface area contributed by atoms with Crippen LogP contribution in [0.3, 0.4) is 0 Å². The third-order valence-corrected chi connectivity index (χ3v) is 2.37. The molecule has 56 valence electrons. The van der Waals surface area contributed by atoms with E-state index in [4.69, 9.17) is 10.2 Å². The van der Waals surface area contributed by atoms with Crippen molar-refractivity contribution in [1.82, 2.24) is 0 Å². The monoisotopic (exact) mass is 165 g/mol. The molecule has 0 saturated carbocycles. The lowest BCUT2D eigenvalue weighted by atomic mass is 10.5. The van der Waals surface area contributed by atoms with Crippen molar-refractivity contribution < 1.29 is 4.43 Å². The van der Waals surface area contributed by atoms with E-state index in [-0.39, 0.29) is 0 Å². The Kier molecular flexibility index (Phi) is 8.95. The van der Waals surface area contributed by atoms with Gasteiger partial charge in [0.2, 0.25) is 0 Å². The van der Waals surface area contributed by atoms with Crippen molar-refractivity contribution in [2.75, 3.05) is 24.7 Å². The Balaban J connectivity index is 2.60. The highest BCUT2D eigenvalue weighted by molar-refractivity contribution is 7.99. The van der Waals surface area contributed by atoms with Crippen molar-refractivity contribution in [2.45, 2.75) is 6.42 Å². The lowest BCUT2D eigenvalue weighted by Gasteiger charge is -1.97. The second-order valence-corrected chi connectivity index (χ2v) is 3.55. The summed E-state index contributed by atoms with van der Waals surface area (Å²) in [6, 6.07) is 0. The topological polar surface area (TPSA) is 35.2 Å². The van der Waals surface area contributed by atoms with Crippen molar-refractivity contribution in [3.05, 3.63) is 0 Å². The number of nitrogens with two attached hydrogens (primary N) is 1. The second kappa shape index (κ2) is 8.49. The molecule has 0 radical (unpaired) electrons. The molecule has 0 aromatic heterocycles. The van der Waals surface area contributed by atoms with Gasteiger partial charge in [0.15, 0.2) is 0 Å². The van der Waals surface area contributed by atoms with Crippen molar-refractivity contribution in [3.8, 4) is 0 Å². The maximum absolute atomic E-state index is 5.31. The number of hydrogen-bond donors (Lipinski definition) is 1. The van der Waals surface area contributed by atoms with Gasteiger partial charge in [-0.3, -0.25) is 0 Å². The van der Waals surface area contributed by atoms with Crippen molar-refractivity contribution >= 4 is 22.2 Å². The molecule has 2 N–H and O–H groups in total. The average molecular weight is 165 g/mol. The molecule has 0 saturated heterocycles. The van der Waals surface area contributed by atoms with Crippen LogP contribution in [0.15, 0.2) is 0 Å². The van der Waals surface area contributed by atoms with E-state index < -0.39 is 0 Å². The number of rotatable bonds is 6. The van der Waals surface area contributed by atoms with Crippen LogP contribution < -0.4 is 5.73 Å². The molecule has 0 heterocycles. The third kappa shape index (κ3) is 8.49. The minimum Gasteiger partial charge on any atom is -0.427 e. The molecule has 0 rings (SSSR count). The molecule has 0 aliphatic carbocycles. The SMILES string of the molecule is NCCCSCCO[SiH3]. The fourth-order valence-corrected chi connectivity index (χ4v) is 1.79. The van der Waals surface area contributed by atoms with E-state index in [1.54, 1.807) is 0 Å². The first-order valence-corrected chi connectivity index (χ1v) is 5.15. The van der Waals surface area contributed by atoms with E-state index in [1.165, 1.54) is 5.75 Å². The summed E-state index contributed by atoms with van der Waals surface area (Å²) in [7, 11) is 0.870. The summed E-state index contributed by atoms with van der Waals surface area (Å²) in [5, 5.41) is 0. The molecule has 0 aliphatic heterocycles. The maximum Gasteiger partial charge on any atom is 0.146 e. The zero-order valence-electron chi connectivity index (χ0n) is 5.93. The predicted octanol–water partition coefficient (Wildman–Crippen LogP) is -0.635. The van der Waals surface area contributed by atoms with E-state index in [1.807, 2.05) is 11.8 Å². The van der Waals surface area contributed by atoms with Crippen LogP contribution in [0.5, 0.6) is 0 Å². The van der Waals surface area contributed by atoms with Gasteiger partial charge in [-0.1, -0.05) is 0 Å². The van der Waals surface area contributed by atoms with E-state index in [0.717, 1.165) is 35.8 Å². The Labute approximate surface area is 64.1 Å². The molecule has 0 fully saturated rings. The summed E-state index contributed by atoms with van der Waals surface area (Å²) in [4.78, 5) is 0. The van der Waals surface area contributed by atoms with Crippen LogP contribution in [-0.2, 0) is 4.43 Å². The molecule has 4 heteroatoms. The zero-order valence-corrected chi connectivity index (χ0v) is 8.75. The first kappa shape index (κ1) is 9.49. The summed E-state index contributed by atoms with van der Waals surface area (Å²) < 4.78 is 5.01. The number of thioether (sulfide) groups is 1. The maximum atomic E-state index is 5.31. The Morgan fingerprint density at radius 2 is 2.22 bits per heavy atom. The Bertz CT molecular complexity index is 50.2. The summed E-state index contributed by atoms with van der Waals surface area (Å²) in [5.74, 6) is 2.31. The third-order valence-electron chi connectivity index (χ3n) is 0.925. The molecule has 0 atom stereocenters. The minimum absolute atomic E-state index is 0.814. The van der Waals surface area contributed by atoms with Gasteiger partial charge in [-0.25, -0.2) is 0 Å². The normalized spacial score (nSPS) is 10.3. The Hall–Kier alpha value is 0.487. The van der Waals surface area contributed by atoms with Crippen LogP contribution >= 0.6 is 11.8 Å². The number of hydrogen-bond acceptors (Lipinski definition) is 3. The first-order valence-electron chi connectivity index (χ1n) is 3.18. The second-order valence-electron chi connectivity index (χ2n) is 1.75. The standard InChI is InChI=1S/C5H15NOSSi/c6-2-1-4-8-5-3-7-9/h1-6H2,9H3. The van der Waals surface area contributed by atoms with Crippen molar-refractivity contribution in [1.29, 1.82) is 0 Å². The lowest BCUT2D eigenvalue weighted by molar-refractivity contribution is 0.380. The summed E-state index contributed by atoms with van der Waals surface area (Å²) >= 11 is 1.92. The van der Waals surface area contributed by atoms with Crippen molar-refractivity contribution in [3.63, 3.8) is 0 Å². The molecule has 0 amide bonds. The van der Waals surface area contributed by atoms with E-state index in [9.17, 15) is 0 Å². The molecule has 0 aliphatic rings. The molecule has 0 unspecified atom stereocenters. The Morgan fingerprint density at radius 3 is 2.78 bits per heavy atom. The largest absolute Gasteiger partial charge is 0.427 e. The van der Waals surface area contributed by atoms with Crippen LogP contribution in [0.2, 0.25) is 0 Å².